The zero-order chi connectivity index (χ0) is 16.7. The molecule has 0 aromatic heterocycles. The average molecular weight is 326 g/mol. The van der Waals surface area contributed by atoms with E-state index in [1.165, 1.54) is 7.85 Å². The van der Waals surface area contributed by atoms with E-state index in [9.17, 15) is 9.59 Å². The molecule has 0 atom stereocenters. The molecule has 23 heavy (non-hydrogen) atoms. The fourth-order valence-electron chi connectivity index (χ4n) is 2.05. The van der Waals surface area contributed by atoms with Gasteiger partial charge < -0.3 is 10.6 Å². The molecule has 2 aromatic rings. The van der Waals surface area contributed by atoms with Gasteiger partial charge in [0.15, 0.2) is 11.6 Å². The summed E-state index contributed by atoms with van der Waals surface area (Å²) in [5.74, 6) is -0.0850. The van der Waals surface area contributed by atoms with Crippen LogP contribution in [0.5, 0.6) is 0 Å². The number of benzene rings is 2. The molecule has 0 fully saturated rings. The van der Waals surface area contributed by atoms with Gasteiger partial charge in [0.25, 0.3) is 7.28 Å². The molecule has 0 spiro atoms. The summed E-state index contributed by atoms with van der Waals surface area (Å²) in [6.45, 7) is 0.991. The van der Waals surface area contributed by atoms with Crippen LogP contribution in [0.1, 0.15) is 11.1 Å². The number of hydrogen-bond acceptors (Lipinski definition) is 2. The topological polar surface area (TPSA) is 58.2 Å². The monoisotopic (exact) mass is 326 g/mol. The van der Waals surface area contributed by atoms with Crippen molar-refractivity contribution in [3.63, 3.8) is 0 Å². The van der Waals surface area contributed by atoms with Crippen LogP contribution in [0.2, 0.25) is 5.02 Å². The van der Waals surface area contributed by atoms with Crippen molar-refractivity contribution in [2.24, 2.45) is 0 Å². The summed E-state index contributed by atoms with van der Waals surface area (Å²) in [6.07, 6.45) is 0. The molecule has 4 nitrogen and oxygen atoms in total. The Morgan fingerprint density at radius 2 is 1.43 bits per heavy atom. The molecule has 0 bridgehead atoms. The highest BCUT2D eigenvalue weighted by Crippen LogP contribution is 2.05. The van der Waals surface area contributed by atoms with Gasteiger partial charge in [-0.1, -0.05) is 53.5 Å². The highest BCUT2D eigenvalue weighted by Gasteiger charge is 2.06. The maximum absolute atomic E-state index is 11.9. The zero-order valence-corrected chi connectivity index (χ0v) is 13.7. The molecule has 0 aliphatic carbocycles. The number of rotatable bonds is 6. The first-order valence-corrected chi connectivity index (χ1v) is 7.74. The lowest BCUT2D eigenvalue weighted by Gasteiger charge is -2.07. The van der Waals surface area contributed by atoms with Crippen LogP contribution in [0.3, 0.4) is 0 Å². The van der Waals surface area contributed by atoms with Gasteiger partial charge in [0.1, 0.15) is 0 Å². The molecule has 0 saturated carbocycles. The normalized spacial score (nSPS) is 9.96. The summed E-state index contributed by atoms with van der Waals surface area (Å²) >= 11 is 5.82. The molecule has 2 amide bonds. The number of halogens is 1. The third-order valence-electron chi connectivity index (χ3n) is 3.33. The van der Waals surface area contributed by atoms with Gasteiger partial charge >= 0.3 is 0 Å². The molecular formula is C16H17B2ClN2O2. The Hall–Kier alpha value is -2.20. The number of nitrogens with one attached hydrogen (secondary N) is 2. The third-order valence-corrected chi connectivity index (χ3v) is 3.58. The van der Waals surface area contributed by atoms with Crippen LogP contribution in [0.25, 0.3) is 0 Å². The Morgan fingerprint density at radius 3 is 1.96 bits per heavy atom. The van der Waals surface area contributed by atoms with E-state index in [0.717, 1.165) is 16.6 Å². The van der Waals surface area contributed by atoms with Crippen molar-refractivity contribution in [2.45, 2.75) is 13.1 Å². The molecule has 2 rings (SSSR count). The van der Waals surface area contributed by atoms with Crippen LogP contribution >= 0.6 is 11.6 Å². The number of carbonyl (C=O) groups is 2. The maximum Gasteiger partial charge on any atom is 0.267 e. The van der Waals surface area contributed by atoms with E-state index in [1.807, 2.05) is 36.4 Å². The Balaban J connectivity index is 1.79. The minimum Gasteiger partial charge on any atom is -0.361 e. The highest BCUT2D eigenvalue weighted by atomic mass is 35.5. The summed E-state index contributed by atoms with van der Waals surface area (Å²) in [5.41, 5.74) is 2.97. The summed E-state index contributed by atoms with van der Waals surface area (Å²) in [5, 5.41) is 6.30. The minimum absolute atomic E-state index is 0.0327. The van der Waals surface area contributed by atoms with Crippen molar-refractivity contribution < 1.29 is 9.59 Å². The lowest BCUT2D eigenvalue weighted by Crippen LogP contribution is -2.33. The van der Waals surface area contributed by atoms with Crippen molar-refractivity contribution in [3.8, 4) is 0 Å². The lowest BCUT2D eigenvalue weighted by atomic mass is 9.69. The molecule has 7 heteroatoms. The minimum atomic E-state index is -0.0523. The van der Waals surface area contributed by atoms with Crippen molar-refractivity contribution in [1.29, 1.82) is 0 Å². The van der Waals surface area contributed by atoms with E-state index < -0.39 is 0 Å². The SMILES string of the molecule is BC(=O)NCc1ccc(CNC(=O)Bc2ccc(Cl)cc2)cc1. The first kappa shape index (κ1) is 17.2. The van der Waals surface area contributed by atoms with Crippen LogP contribution in [0.4, 0.5) is 9.59 Å². The van der Waals surface area contributed by atoms with Crippen LogP contribution in [0, 0.1) is 0 Å². The van der Waals surface area contributed by atoms with E-state index in [2.05, 4.69) is 10.6 Å². The standard InChI is InChI=1S/C16H17B2ClN2O2/c17-15(22)20-9-11-1-3-12(4-2-11)10-21-16(23)18-13-5-7-14(19)8-6-13/h1-8,18H,9-10,17H2,(H,20,22)(H,21,23). The molecule has 2 aromatic carbocycles. The average Bonchev–Trinajstić information content (AvgIpc) is 2.54. The molecule has 0 aliphatic rings. The zero-order valence-electron chi connectivity index (χ0n) is 12.9. The van der Waals surface area contributed by atoms with Crippen LogP contribution < -0.4 is 16.1 Å². The van der Waals surface area contributed by atoms with Crippen molar-refractivity contribution in [2.75, 3.05) is 0 Å². The smallest absolute Gasteiger partial charge is 0.267 e. The first-order valence-electron chi connectivity index (χ1n) is 7.36. The Kier molecular flexibility index (Phi) is 6.29. The predicted molar refractivity (Wildman–Crippen MR) is 97.7 cm³/mol. The van der Waals surface area contributed by atoms with Gasteiger partial charge in [-0.3, -0.25) is 9.59 Å². The van der Waals surface area contributed by atoms with E-state index >= 15 is 0 Å². The largest absolute Gasteiger partial charge is 0.361 e. The summed E-state index contributed by atoms with van der Waals surface area (Å²) < 4.78 is 0. The molecule has 0 saturated heterocycles. The molecule has 0 heterocycles. The first-order chi connectivity index (χ1) is 11.0. The third kappa shape index (κ3) is 6.20. The second-order valence-electron chi connectivity index (χ2n) is 5.31. The van der Waals surface area contributed by atoms with Gasteiger partial charge in [-0.2, -0.15) is 0 Å². The number of amides is 2. The molecular weight excluding hydrogens is 309 g/mol. The summed E-state index contributed by atoms with van der Waals surface area (Å²) in [6, 6.07) is 15.0. The quantitative estimate of drug-likeness (QED) is 0.783. The number of carbonyl (C=O) groups excluding carboxylic acids is 2. The predicted octanol–water partition coefficient (Wildman–Crippen LogP) is 1.15. The van der Waals surface area contributed by atoms with Gasteiger partial charge in [-0.25, -0.2) is 0 Å². The van der Waals surface area contributed by atoms with Crippen LogP contribution in [0.15, 0.2) is 48.5 Å². The summed E-state index contributed by atoms with van der Waals surface area (Å²) in [7, 11) is 1.82. The van der Waals surface area contributed by atoms with Crippen LogP contribution in [-0.2, 0) is 13.1 Å². The van der Waals surface area contributed by atoms with Crippen molar-refractivity contribution in [1.82, 2.24) is 10.6 Å². The molecule has 0 unspecified atom stereocenters. The van der Waals surface area contributed by atoms with E-state index in [0.29, 0.717) is 25.4 Å². The molecule has 0 radical (unpaired) electrons. The number of hydrogen-bond donors (Lipinski definition) is 2. The van der Waals surface area contributed by atoms with Crippen molar-refractivity contribution in [3.05, 3.63) is 64.7 Å². The Labute approximate surface area is 142 Å². The second-order valence-corrected chi connectivity index (χ2v) is 5.74. The van der Waals surface area contributed by atoms with Crippen LogP contribution in [-0.4, -0.2) is 26.7 Å². The maximum atomic E-state index is 11.9. The second kappa shape index (κ2) is 8.44. The fourth-order valence-corrected chi connectivity index (χ4v) is 2.18. The van der Waals surface area contributed by atoms with E-state index in [4.69, 9.17) is 11.6 Å². The molecule has 2 N–H and O–H groups in total. The van der Waals surface area contributed by atoms with Gasteiger partial charge in [0.2, 0.25) is 7.85 Å². The van der Waals surface area contributed by atoms with E-state index in [-0.39, 0.29) is 11.6 Å². The van der Waals surface area contributed by atoms with Gasteiger partial charge in [0.05, 0.1) is 0 Å². The lowest BCUT2D eigenvalue weighted by molar-refractivity contribution is 0.258. The molecule has 116 valence electrons. The highest BCUT2D eigenvalue weighted by molar-refractivity contribution is 6.83. The Morgan fingerprint density at radius 1 is 0.913 bits per heavy atom. The van der Waals surface area contributed by atoms with E-state index in [1.54, 1.807) is 12.1 Å². The summed E-state index contributed by atoms with van der Waals surface area (Å²) in [4.78, 5) is 22.8. The Bertz CT molecular complexity index is 675. The molecule has 0 aliphatic heterocycles. The van der Waals surface area contributed by atoms with Gasteiger partial charge in [0, 0.05) is 18.1 Å². The van der Waals surface area contributed by atoms with Gasteiger partial charge in [-0.15, -0.1) is 0 Å². The van der Waals surface area contributed by atoms with Gasteiger partial charge in [-0.05, 0) is 23.3 Å². The van der Waals surface area contributed by atoms with Crippen molar-refractivity contribution >= 4 is 43.8 Å². The fraction of sp³-hybridized carbons (Fsp3) is 0.125.